The first-order valence-corrected chi connectivity index (χ1v) is 7.67. The van der Waals surface area contributed by atoms with Gasteiger partial charge in [-0.25, -0.2) is 0 Å². The molecule has 0 radical (unpaired) electrons. The zero-order valence-electron chi connectivity index (χ0n) is 11.0. The van der Waals surface area contributed by atoms with Crippen LogP contribution in [-0.2, 0) is 20.9 Å². The van der Waals surface area contributed by atoms with Crippen LogP contribution >= 0.6 is 22.6 Å². The number of halogens is 1. The highest BCUT2D eigenvalue weighted by atomic mass is 127. The lowest BCUT2D eigenvalue weighted by atomic mass is 9.95. The van der Waals surface area contributed by atoms with Crippen molar-refractivity contribution in [3.05, 3.63) is 33.4 Å². The van der Waals surface area contributed by atoms with E-state index < -0.39 is 12.1 Å². The topological polar surface area (TPSA) is 59.0 Å². The summed E-state index contributed by atoms with van der Waals surface area (Å²) in [6.45, 7) is 2.51. The monoisotopic (exact) mass is 389 g/mol. The van der Waals surface area contributed by atoms with E-state index in [4.69, 9.17) is 9.57 Å². The SMILES string of the molecule is C[C@@H](O)[C@@H]1ON(Cc2ccccc2I)[C@H]2C(=O)OC[C@@H]12. The van der Waals surface area contributed by atoms with Crippen molar-refractivity contribution in [3.8, 4) is 0 Å². The number of esters is 1. The normalized spacial score (nSPS) is 31.1. The molecule has 2 saturated heterocycles. The van der Waals surface area contributed by atoms with E-state index in [2.05, 4.69) is 22.6 Å². The average Bonchev–Trinajstić information content (AvgIpc) is 2.95. The number of hydrogen-bond acceptors (Lipinski definition) is 5. The first kappa shape index (κ1) is 14.2. The van der Waals surface area contributed by atoms with E-state index in [-0.39, 0.29) is 18.0 Å². The summed E-state index contributed by atoms with van der Waals surface area (Å²) in [7, 11) is 0. The number of hydroxylamine groups is 2. The van der Waals surface area contributed by atoms with Crippen LogP contribution < -0.4 is 0 Å². The van der Waals surface area contributed by atoms with Crippen LogP contribution in [0.2, 0.25) is 0 Å². The quantitative estimate of drug-likeness (QED) is 0.625. The van der Waals surface area contributed by atoms with E-state index in [1.165, 1.54) is 0 Å². The highest BCUT2D eigenvalue weighted by molar-refractivity contribution is 14.1. The lowest BCUT2D eigenvalue weighted by Crippen LogP contribution is -2.35. The predicted molar refractivity (Wildman–Crippen MR) is 79.5 cm³/mol. The standard InChI is InChI=1S/C14H16INO4/c1-8(17)13-10-7-19-14(18)12(10)16(20-13)6-9-4-2-3-5-11(9)15/h2-5,8,10,12-13,17H,6-7H2,1H3/t8-,10-,12-,13+/m1/s1. The third-order valence-corrected chi connectivity index (χ3v) is 4.87. The van der Waals surface area contributed by atoms with Crippen LogP contribution in [0, 0.1) is 9.49 Å². The van der Waals surface area contributed by atoms with E-state index in [1.807, 2.05) is 24.3 Å². The number of carbonyl (C=O) groups excluding carboxylic acids is 1. The summed E-state index contributed by atoms with van der Waals surface area (Å²) in [5.74, 6) is -0.354. The second-order valence-corrected chi connectivity index (χ2v) is 6.38. The number of hydrogen-bond donors (Lipinski definition) is 1. The number of cyclic esters (lactones) is 1. The molecule has 0 unspecified atom stereocenters. The maximum absolute atomic E-state index is 11.9. The maximum Gasteiger partial charge on any atom is 0.326 e. The minimum Gasteiger partial charge on any atom is -0.464 e. The molecular weight excluding hydrogens is 373 g/mol. The molecule has 0 amide bonds. The van der Waals surface area contributed by atoms with Gasteiger partial charge in [-0.1, -0.05) is 18.2 Å². The van der Waals surface area contributed by atoms with Crippen molar-refractivity contribution in [2.75, 3.05) is 6.61 Å². The molecule has 3 rings (SSSR count). The summed E-state index contributed by atoms with van der Waals surface area (Å²) < 4.78 is 6.25. The number of rotatable bonds is 3. The number of fused-ring (bicyclic) bond motifs is 1. The Kier molecular flexibility index (Phi) is 3.98. The zero-order chi connectivity index (χ0) is 14.3. The van der Waals surface area contributed by atoms with Crippen molar-refractivity contribution < 1.29 is 19.5 Å². The average molecular weight is 389 g/mol. The summed E-state index contributed by atoms with van der Waals surface area (Å²) in [4.78, 5) is 17.7. The van der Waals surface area contributed by atoms with Gasteiger partial charge in [-0.3, -0.25) is 9.63 Å². The van der Waals surface area contributed by atoms with Gasteiger partial charge in [-0.2, -0.15) is 5.06 Å². The molecule has 4 atom stereocenters. The van der Waals surface area contributed by atoms with Gasteiger partial charge < -0.3 is 9.84 Å². The molecular formula is C14H16INO4. The van der Waals surface area contributed by atoms with E-state index in [1.54, 1.807) is 12.0 Å². The highest BCUT2D eigenvalue weighted by Crippen LogP contribution is 2.36. The Labute approximate surface area is 130 Å². The van der Waals surface area contributed by atoms with Crippen molar-refractivity contribution in [2.45, 2.75) is 31.7 Å². The van der Waals surface area contributed by atoms with Crippen LogP contribution in [0.4, 0.5) is 0 Å². The number of aliphatic hydroxyl groups excluding tert-OH is 1. The van der Waals surface area contributed by atoms with Crippen LogP contribution in [0.3, 0.4) is 0 Å². The van der Waals surface area contributed by atoms with Crippen molar-refractivity contribution in [3.63, 3.8) is 0 Å². The van der Waals surface area contributed by atoms with Gasteiger partial charge >= 0.3 is 5.97 Å². The van der Waals surface area contributed by atoms with Gasteiger partial charge in [0, 0.05) is 3.57 Å². The van der Waals surface area contributed by atoms with Crippen LogP contribution in [0.5, 0.6) is 0 Å². The molecule has 1 aromatic rings. The van der Waals surface area contributed by atoms with Crippen molar-refractivity contribution >= 4 is 28.6 Å². The van der Waals surface area contributed by atoms with Gasteiger partial charge in [0.2, 0.25) is 0 Å². The van der Waals surface area contributed by atoms with Crippen molar-refractivity contribution in [2.24, 2.45) is 5.92 Å². The molecule has 108 valence electrons. The van der Waals surface area contributed by atoms with Crippen molar-refractivity contribution in [1.82, 2.24) is 5.06 Å². The molecule has 0 aromatic heterocycles. The lowest BCUT2D eigenvalue weighted by molar-refractivity contribution is -0.202. The van der Waals surface area contributed by atoms with Crippen LogP contribution in [0.15, 0.2) is 24.3 Å². The van der Waals surface area contributed by atoms with Gasteiger partial charge in [-0.05, 0) is 41.1 Å². The smallest absolute Gasteiger partial charge is 0.326 e. The molecule has 6 heteroatoms. The Hall–Kier alpha value is -0.700. The van der Waals surface area contributed by atoms with Gasteiger partial charge in [-0.15, -0.1) is 0 Å². The molecule has 2 heterocycles. The third-order valence-electron chi connectivity index (χ3n) is 3.81. The molecule has 1 aromatic carbocycles. The first-order valence-electron chi connectivity index (χ1n) is 6.59. The van der Waals surface area contributed by atoms with E-state index in [0.29, 0.717) is 13.2 Å². The van der Waals surface area contributed by atoms with Gasteiger partial charge in [0.05, 0.1) is 25.2 Å². The fourth-order valence-corrected chi connectivity index (χ4v) is 3.37. The number of aliphatic hydroxyl groups is 1. The van der Waals surface area contributed by atoms with Gasteiger partial charge in [0.1, 0.15) is 12.1 Å². The number of ether oxygens (including phenoxy) is 1. The highest BCUT2D eigenvalue weighted by Gasteiger charge is 2.54. The molecule has 2 aliphatic heterocycles. The molecule has 5 nitrogen and oxygen atoms in total. The van der Waals surface area contributed by atoms with Crippen LogP contribution in [0.1, 0.15) is 12.5 Å². The molecule has 0 spiro atoms. The van der Waals surface area contributed by atoms with Gasteiger partial charge in [0.15, 0.2) is 0 Å². The summed E-state index contributed by atoms with van der Waals surface area (Å²) >= 11 is 2.26. The Bertz CT molecular complexity index is 522. The number of nitrogens with zero attached hydrogens (tertiary/aromatic N) is 1. The molecule has 0 saturated carbocycles. The Morgan fingerprint density at radius 1 is 1.50 bits per heavy atom. The molecule has 0 aliphatic carbocycles. The molecule has 20 heavy (non-hydrogen) atoms. The van der Waals surface area contributed by atoms with Crippen LogP contribution in [0.25, 0.3) is 0 Å². The summed E-state index contributed by atoms with van der Waals surface area (Å²) in [5, 5.41) is 11.5. The minimum atomic E-state index is -0.628. The fraction of sp³-hybridized carbons (Fsp3) is 0.500. The zero-order valence-corrected chi connectivity index (χ0v) is 13.2. The lowest BCUT2D eigenvalue weighted by Gasteiger charge is -2.21. The van der Waals surface area contributed by atoms with Gasteiger partial charge in [0.25, 0.3) is 0 Å². The van der Waals surface area contributed by atoms with E-state index >= 15 is 0 Å². The maximum atomic E-state index is 11.9. The minimum absolute atomic E-state index is 0.0936. The summed E-state index contributed by atoms with van der Waals surface area (Å²) in [6.07, 6.45) is -1.01. The predicted octanol–water partition coefficient (Wildman–Crippen LogP) is 1.33. The number of benzene rings is 1. The molecule has 2 fully saturated rings. The van der Waals surface area contributed by atoms with Crippen LogP contribution in [-0.4, -0.2) is 41.0 Å². The van der Waals surface area contributed by atoms with E-state index in [9.17, 15) is 9.90 Å². The Morgan fingerprint density at radius 2 is 2.25 bits per heavy atom. The third kappa shape index (κ3) is 2.45. The largest absolute Gasteiger partial charge is 0.464 e. The summed E-state index contributed by atoms with van der Waals surface area (Å²) in [6, 6.07) is 7.55. The molecule has 0 bridgehead atoms. The van der Waals surface area contributed by atoms with E-state index in [0.717, 1.165) is 9.13 Å². The Balaban J connectivity index is 1.83. The number of carbonyl (C=O) groups is 1. The first-order chi connectivity index (χ1) is 9.58. The Morgan fingerprint density at radius 3 is 2.95 bits per heavy atom. The fourth-order valence-electron chi connectivity index (χ4n) is 2.81. The summed E-state index contributed by atoms with van der Waals surface area (Å²) in [5.41, 5.74) is 1.10. The second kappa shape index (κ2) is 5.59. The molecule has 2 aliphatic rings. The second-order valence-electron chi connectivity index (χ2n) is 5.22. The van der Waals surface area contributed by atoms with Crippen molar-refractivity contribution in [1.29, 1.82) is 0 Å². The molecule has 1 N–H and O–H groups in total.